The number of aryl methyl sites for hydroxylation is 3. The van der Waals surface area contributed by atoms with E-state index in [0.29, 0.717) is 17.1 Å². The van der Waals surface area contributed by atoms with Crippen LogP contribution in [0.3, 0.4) is 0 Å². The largest absolute Gasteiger partial charge is 0.329 e. The molecule has 0 spiro atoms. The molecule has 0 unspecified atom stereocenters. The average molecular weight is 380 g/mol. The van der Waals surface area contributed by atoms with Gasteiger partial charge < -0.3 is 10.6 Å². The van der Waals surface area contributed by atoms with Crippen LogP contribution < -0.4 is 16.1 Å². The van der Waals surface area contributed by atoms with Gasteiger partial charge in [-0.15, -0.1) is 0 Å². The Morgan fingerprint density at radius 3 is 2.25 bits per heavy atom. The predicted molar refractivity (Wildman–Crippen MR) is 110 cm³/mol. The van der Waals surface area contributed by atoms with Gasteiger partial charge in [0, 0.05) is 17.1 Å². The highest BCUT2D eigenvalue weighted by Crippen LogP contribution is 2.14. The molecule has 0 saturated heterocycles. The van der Waals surface area contributed by atoms with Crippen molar-refractivity contribution in [2.45, 2.75) is 34.1 Å². The summed E-state index contributed by atoms with van der Waals surface area (Å²) in [5.41, 5.74) is 6.93. The lowest BCUT2D eigenvalue weighted by molar-refractivity contribution is -0.136. The first kappa shape index (κ1) is 20.8. The molecule has 0 aliphatic carbocycles. The molecule has 0 atom stereocenters. The maximum atomic E-state index is 12.1. The van der Waals surface area contributed by atoms with Crippen molar-refractivity contribution >= 4 is 34.8 Å². The van der Waals surface area contributed by atoms with Crippen LogP contribution in [0.4, 0.5) is 11.4 Å². The lowest BCUT2D eigenvalue weighted by Crippen LogP contribution is -2.33. The zero-order valence-corrected chi connectivity index (χ0v) is 16.4. The summed E-state index contributed by atoms with van der Waals surface area (Å²) in [6.07, 6.45) is -0.00724. The summed E-state index contributed by atoms with van der Waals surface area (Å²) < 4.78 is 0. The number of amides is 3. The number of rotatable bonds is 5. The van der Waals surface area contributed by atoms with Crippen molar-refractivity contribution in [3.05, 3.63) is 59.2 Å². The highest BCUT2D eigenvalue weighted by molar-refractivity contribution is 6.39. The fraction of sp³-hybridized carbons (Fsp3) is 0.238. The van der Waals surface area contributed by atoms with Gasteiger partial charge in [-0.1, -0.05) is 18.2 Å². The van der Waals surface area contributed by atoms with Crippen molar-refractivity contribution in [2.75, 3.05) is 10.6 Å². The molecule has 7 heteroatoms. The topological polar surface area (TPSA) is 99.7 Å². The second-order valence-electron chi connectivity index (χ2n) is 6.64. The maximum absolute atomic E-state index is 12.1. The molecule has 2 aromatic carbocycles. The lowest BCUT2D eigenvalue weighted by Gasteiger charge is -2.08. The van der Waals surface area contributed by atoms with Crippen LogP contribution in [0.15, 0.2) is 47.6 Å². The summed E-state index contributed by atoms with van der Waals surface area (Å²) >= 11 is 0. The van der Waals surface area contributed by atoms with E-state index in [9.17, 15) is 14.4 Å². The van der Waals surface area contributed by atoms with E-state index in [2.05, 4.69) is 21.2 Å². The molecule has 3 N–H and O–H groups in total. The fourth-order valence-corrected chi connectivity index (χ4v) is 2.40. The predicted octanol–water partition coefficient (Wildman–Crippen LogP) is 3.07. The van der Waals surface area contributed by atoms with Crippen LogP contribution in [0.25, 0.3) is 0 Å². The molecule has 3 amide bonds. The standard InChI is InChI=1S/C21H24N4O3/c1-13-6-5-7-17(10-13)23-20(27)21(28)25-24-16(4)12-19(26)22-18-9-8-14(2)15(3)11-18/h5-11H,12H2,1-4H3,(H,22,26)(H,23,27)(H,25,28)/b24-16-. The third-order valence-electron chi connectivity index (χ3n) is 4.04. The van der Waals surface area contributed by atoms with Crippen molar-refractivity contribution in [1.82, 2.24) is 5.43 Å². The number of carbonyl (C=O) groups excluding carboxylic acids is 3. The number of hydrogen-bond acceptors (Lipinski definition) is 4. The molecule has 28 heavy (non-hydrogen) atoms. The van der Waals surface area contributed by atoms with Crippen LogP contribution in [0.2, 0.25) is 0 Å². The van der Waals surface area contributed by atoms with Crippen molar-refractivity contribution in [3.63, 3.8) is 0 Å². The van der Waals surface area contributed by atoms with E-state index < -0.39 is 11.8 Å². The summed E-state index contributed by atoms with van der Waals surface area (Å²) in [4.78, 5) is 35.8. The number of hydrazone groups is 1. The molecule has 0 aliphatic rings. The molecule has 0 radical (unpaired) electrons. The number of benzene rings is 2. The van der Waals surface area contributed by atoms with E-state index >= 15 is 0 Å². The van der Waals surface area contributed by atoms with Gasteiger partial charge in [-0.25, -0.2) is 5.43 Å². The van der Waals surface area contributed by atoms with Gasteiger partial charge in [-0.05, 0) is 68.7 Å². The van der Waals surface area contributed by atoms with Crippen molar-refractivity contribution < 1.29 is 14.4 Å². The van der Waals surface area contributed by atoms with Crippen molar-refractivity contribution in [3.8, 4) is 0 Å². The summed E-state index contributed by atoms with van der Waals surface area (Å²) in [5.74, 6) is -2.00. The third-order valence-corrected chi connectivity index (χ3v) is 4.04. The van der Waals surface area contributed by atoms with Gasteiger partial charge in [-0.3, -0.25) is 14.4 Å². The van der Waals surface area contributed by atoms with Crippen molar-refractivity contribution in [2.24, 2.45) is 5.10 Å². The first-order chi connectivity index (χ1) is 13.2. The number of nitrogens with one attached hydrogen (secondary N) is 3. The minimum absolute atomic E-state index is 0.00724. The SMILES string of the molecule is C/C(CC(=O)Nc1ccc(C)c(C)c1)=N/NC(=O)C(=O)Nc1cccc(C)c1. The van der Waals surface area contributed by atoms with Crippen LogP contribution >= 0.6 is 0 Å². The Morgan fingerprint density at radius 1 is 0.857 bits per heavy atom. The van der Waals surface area contributed by atoms with E-state index in [4.69, 9.17) is 0 Å². The molecule has 0 aliphatic heterocycles. The Morgan fingerprint density at radius 2 is 1.57 bits per heavy atom. The van der Waals surface area contributed by atoms with Gasteiger partial charge in [0.2, 0.25) is 5.91 Å². The molecular formula is C21H24N4O3. The summed E-state index contributed by atoms with van der Waals surface area (Å²) in [5, 5.41) is 9.08. The molecule has 0 saturated carbocycles. The van der Waals surface area contributed by atoms with E-state index in [-0.39, 0.29) is 12.3 Å². The Hall–Kier alpha value is -3.48. The van der Waals surface area contributed by atoms with Crippen molar-refractivity contribution in [1.29, 1.82) is 0 Å². The Kier molecular flexibility index (Phi) is 7.03. The monoisotopic (exact) mass is 380 g/mol. The minimum atomic E-state index is -0.907. The molecule has 0 fully saturated rings. The molecule has 2 aromatic rings. The zero-order valence-electron chi connectivity index (χ0n) is 16.4. The van der Waals surface area contributed by atoms with Crippen LogP contribution in [0.1, 0.15) is 30.0 Å². The minimum Gasteiger partial charge on any atom is -0.326 e. The number of anilines is 2. The van der Waals surface area contributed by atoms with Crippen LogP contribution in [-0.2, 0) is 14.4 Å². The van der Waals surface area contributed by atoms with Gasteiger partial charge in [0.05, 0.1) is 6.42 Å². The summed E-state index contributed by atoms with van der Waals surface area (Å²) in [6, 6.07) is 12.7. The van der Waals surface area contributed by atoms with Gasteiger partial charge in [0.15, 0.2) is 0 Å². The van der Waals surface area contributed by atoms with E-state index in [1.807, 2.05) is 45.0 Å². The molecule has 0 bridgehead atoms. The molecule has 146 valence electrons. The fourth-order valence-electron chi connectivity index (χ4n) is 2.40. The Bertz CT molecular complexity index is 935. The van der Waals surface area contributed by atoms with Crippen LogP contribution in [-0.4, -0.2) is 23.4 Å². The van der Waals surface area contributed by atoms with Gasteiger partial charge in [0.25, 0.3) is 0 Å². The van der Waals surface area contributed by atoms with Gasteiger partial charge >= 0.3 is 11.8 Å². The highest BCUT2D eigenvalue weighted by Gasteiger charge is 2.13. The first-order valence-electron chi connectivity index (χ1n) is 8.83. The number of nitrogens with zero attached hydrogens (tertiary/aromatic N) is 1. The van der Waals surface area contributed by atoms with Gasteiger partial charge in [0.1, 0.15) is 0 Å². The molecule has 0 aromatic heterocycles. The molecule has 2 rings (SSSR count). The third kappa shape index (κ3) is 6.35. The molecular weight excluding hydrogens is 356 g/mol. The number of hydrogen-bond donors (Lipinski definition) is 3. The Labute approximate surface area is 164 Å². The quantitative estimate of drug-likeness (QED) is 0.422. The summed E-state index contributed by atoms with van der Waals surface area (Å²) in [6.45, 7) is 7.44. The average Bonchev–Trinajstić information content (AvgIpc) is 2.62. The smallest absolute Gasteiger partial charge is 0.326 e. The zero-order chi connectivity index (χ0) is 20.7. The highest BCUT2D eigenvalue weighted by atomic mass is 16.2. The summed E-state index contributed by atoms with van der Waals surface area (Å²) in [7, 11) is 0. The second kappa shape index (κ2) is 9.45. The molecule has 0 heterocycles. The Balaban J connectivity index is 1.85. The van der Waals surface area contributed by atoms with Gasteiger partial charge in [-0.2, -0.15) is 5.10 Å². The van der Waals surface area contributed by atoms with Crippen LogP contribution in [0.5, 0.6) is 0 Å². The lowest BCUT2D eigenvalue weighted by atomic mass is 10.1. The molecule has 7 nitrogen and oxygen atoms in total. The van der Waals surface area contributed by atoms with E-state index in [1.54, 1.807) is 25.1 Å². The first-order valence-corrected chi connectivity index (χ1v) is 8.83. The maximum Gasteiger partial charge on any atom is 0.329 e. The van der Waals surface area contributed by atoms with E-state index in [0.717, 1.165) is 16.7 Å². The number of carbonyl (C=O) groups is 3. The van der Waals surface area contributed by atoms with Crippen LogP contribution in [0, 0.1) is 20.8 Å². The van der Waals surface area contributed by atoms with E-state index in [1.165, 1.54) is 0 Å². The normalized spacial score (nSPS) is 10.9. The second-order valence-corrected chi connectivity index (χ2v) is 6.64.